The van der Waals surface area contributed by atoms with Crippen LogP contribution in [0.3, 0.4) is 0 Å². The second kappa shape index (κ2) is 9.17. The first-order chi connectivity index (χ1) is 14.4. The highest BCUT2D eigenvalue weighted by Crippen LogP contribution is 2.39. The number of hydrogen-bond donors (Lipinski definition) is 0. The summed E-state index contributed by atoms with van der Waals surface area (Å²) in [4.78, 5) is 15.3. The number of nitrogens with zero attached hydrogens (tertiary/aromatic N) is 2. The molecular formula is C26H30N2O2. The first-order valence-electron chi connectivity index (χ1n) is 10.6. The Morgan fingerprint density at radius 1 is 1.23 bits per heavy atom. The second-order valence-electron chi connectivity index (χ2n) is 8.13. The van der Waals surface area contributed by atoms with E-state index >= 15 is 0 Å². The molecule has 1 saturated heterocycles. The number of carbonyl (C=O) groups excluding carboxylic acids is 1. The summed E-state index contributed by atoms with van der Waals surface area (Å²) in [5, 5.41) is 9.45. The normalized spacial score (nSPS) is 15.3. The number of benzene rings is 2. The summed E-state index contributed by atoms with van der Waals surface area (Å²) >= 11 is 0. The van der Waals surface area contributed by atoms with E-state index in [1.165, 1.54) is 16.7 Å². The summed E-state index contributed by atoms with van der Waals surface area (Å²) in [5.41, 5.74) is 5.74. The summed E-state index contributed by atoms with van der Waals surface area (Å²) in [7, 11) is 0. The third-order valence-corrected chi connectivity index (χ3v) is 6.27. The lowest BCUT2D eigenvalue weighted by Gasteiger charge is -2.41. The van der Waals surface area contributed by atoms with Gasteiger partial charge in [-0.15, -0.1) is 0 Å². The molecule has 0 spiro atoms. The van der Waals surface area contributed by atoms with Gasteiger partial charge < -0.3 is 9.64 Å². The van der Waals surface area contributed by atoms with Crippen molar-refractivity contribution in [3.63, 3.8) is 0 Å². The summed E-state index contributed by atoms with van der Waals surface area (Å²) in [6.45, 7) is 11.8. The van der Waals surface area contributed by atoms with Gasteiger partial charge in [0.25, 0.3) is 0 Å². The molecule has 1 aliphatic rings. The fourth-order valence-corrected chi connectivity index (χ4v) is 4.45. The van der Waals surface area contributed by atoms with Crippen LogP contribution in [-0.2, 0) is 16.0 Å². The molecule has 1 aliphatic heterocycles. The Morgan fingerprint density at radius 3 is 2.57 bits per heavy atom. The van der Waals surface area contributed by atoms with E-state index in [-0.39, 0.29) is 5.97 Å². The van der Waals surface area contributed by atoms with Gasteiger partial charge in [-0.2, -0.15) is 5.26 Å². The zero-order valence-electron chi connectivity index (χ0n) is 18.2. The van der Waals surface area contributed by atoms with Gasteiger partial charge in [0.2, 0.25) is 0 Å². The molecule has 4 heteroatoms. The SMILES string of the molecule is C=Cc1cc(CC2(C(=O)OCC)CCN(c3ccccc3C#N)CC2)c(C)cc1C. The Morgan fingerprint density at radius 2 is 1.93 bits per heavy atom. The molecule has 1 fully saturated rings. The van der Waals surface area contributed by atoms with Crippen molar-refractivity contribution in [2.45, 2.75) is 40.0 Å². The molecule has 3 rings (SSSR count). The highest BCUT2D eigenvalue weighted by atomic mass is 16.5. The molecule has 0 saturated carbocycles. The van der Waals surface area contributed by atoms with E-state index in [1.54, 1.807) is 0 Å². The van der Waals surface area contributed by atoms with Gasteiger partial charge in [0.1, 0.15) is 6.07 Å². The molecule has 0 amide bonds. The minimum Gasteiger partial charge on any atom is -0.466 e. The third-order valence-electron chi connectivity index (χ3n) is 6.27. The van der Waals surface area contributed by atoms with Crippen LogP contribution in [-0.4, -0.2) is 25.7 Å². The molecule has 0 aromatic heterocycles. The van der Waals surface area contributed by atoms with E-state index < -0.39 is 5.41 Å². The molecule has 2 aromatic carbocycles. The summed E-state index contributed by atoms with van der Waals surface area (Å²) in [6, 6.07) is 14.3. The number of ether oxygens (including phenoxy) is 1. The maximum atomic E-state index is 13.1. The van der Waals surface area contributed by atoms with Gasteiger partial charge in [-0.1, -0.05) is 36.9 Å². The third kappa shape index (κ3) is 4.26. The fraction of sp³-hybridized carbons (Fsp3) is 0.385. The van der Waals surface area contributed by atoms with Gasteiger partial charge in [-0.25, -0.2) is 0 Å². The molecule has 4 nitrogen and oxygen atoms in total. The van der Waals surface area contributed by atoms with Gasteiger partial charge in [-0.3, -0.25) is 4.79 Å². The highest BCUT2D eigenvalue weighted by Gasteiger charge is 2.43. The summed E-state index contributed by atoms with van der Waals surface area (Å²) in [5.74, 6) is -0.113. The van der Waals surface area contributed by atoms with Gasteiger partial charge in [0.15, 0.2) is 0 Å². The number of hydrogen-bond acceptors (Lipinski definition) is 4. The average Bonchev–Trinajstić information content (AvgIpc) is 2.76. The van der Waals surface area contributed by atoms with Gasteiger partial charge >= 0.3 is 5.97 Å². The monoisotopic (exact) mass is 402 g/mol. The van der Waals surface area contributed by atoms with Gasteiger partial charge in [0, 0.05) is 13.1 Å². The summed E-state index contributed by atoms with van der Waals surface area (Å²) in [6.07, 6.45) is 3.92. The smallest absolute Gasteiger partial charge is 0.312 e. The van der Waals surface area contributed by atoms with Crippen LogP contribution < -0.4 is 4.90 Å². The van der Waals surface area contributed by atoms with Gasteiger partial charge in [-0.05, 0) is 74.4 Å². The Labute approximate surface area is 179 Å². The number of esters is 1. The summed E-state index contributed by atoms with van der Waals surface area (Å²) < 4.78 is 5.53. The van der Waals surface area contributed by atoms with Crippen LogP contribution in [0.25, 0.3) is 6.08 Å². The lowest BCUT2D eigenvalue weighted by atomic mass is 9.72. The van der Waals surface area contributed by atoms with E-state index in [0.717, 1.165) is 24.3 Å². The number of nitriles is 1. The molecule has 0 radical (unpaired) electrons. The van der Waals surface area contributed by atoms with Crippen LogP contribution in [0.15, 0.2) is 43.0 Å². The molecule has 2 aromatic rings. The van der Waals surface area contributed by atoms with E-state index in [1.807, 2.05) is 37.3 Å². The molecule has 0 N–H and O–H groups in total. The molecule has 0 unspecified atom stereocenters. The van der Waals surface area contributed by atoms with Crippen molar-refractivity contribution in [2.75, 3.05) is 24.6 Å². The average molecular weight is 403 g/mol. The van der Waals surface area contributed by atoms with E-state index in [0.29, 0.717) is 31.4 Å². The van der Waals surface area contributed by atoms with Crippen LogP contribution in [0, 0.1) is 30.6 Å². The van der Waals surface area contributed by atoms with Crippen LogP contribution in [0.5, 0.6) is 0 Å². The van der Waals surface area contributed by atoms with E-state index in [2.05, 4.69) is 43.5 Å². The number of aryl methyl sites for hydroxylation is 2. The number of para-hydroxylation sites is 1. The zero-order chi connectivity index (χ0) is 21.7. The number of anilines is 1. The molecule has 1 heterocycles. The van der Waals surface area contributed by atoms with Crippen molar-refractivity contribution < 1.29 is 9.53 Å². The molecule has 0 atom stereocenters. The number of piperidine rings is 1. The van der Waals surface area contributed by atoms with Crippen molar-refractivity contribution >= 4 is 17.7 Å². The lowest BCUT2D eigenvalue weighted by Crippen LogP contribution is -2.46. The van der Waals surface area contributed by atoms with Crippen LogP contribution in [0.2, 0.25) is 0 Å². The van der Waals surface area contributed by atoms with Crippen molar-refractivity contribution in [1.29, 1.82) is 5.26 Å². The molecule has 0 aliphatic carbocycles. The second-order valence-corrected chi connectivity index (χ2v) is 8.13. The number of rotatable bonds is 6. The van der Waals surface area contributed by atoms with Crippen molar-refractivity contribution in [1.82, 2.24) is 0 Å². The molecule has 30 heavy (non-hydrogen) atoms. The van der Waals surface area contributed by atoms with Crippen LogP contribution in [0.1, 0.15) is 47.6 Å². The first-order valence-corrected chi connectivity index (χ1v) is 10.6. The quantitative estimate of drug-likeness (QED) is 0.623. The molecule has 0 bridgehead atoms. The van der Waals surface area contributed by atoms with Crippen molar-refractivity contribution in [2.24, 2.45) is 5.41 Å². The van der Waals surface area contributed by atoms with Crippen molar-refractivity contribution in [3.8, 4) is 6.07 Å². The highest BCUT2D eigenvalue weighted by molar-refractivity contribution is 5.78. The number of carbonyl (C=O) groups is 1. The largest absolute Gasteiger partial charge is 0.466 e. The minimum atomic E-state index is -0.549. The molecule has 156 valence electrons. The maximum absolute atomic E-state index is 13.1. The Kier molecular flexibility index (Phi) is 6.62. The van der Waals surface area contributed by atoms with Gasteiger partial charge in [0.05, 0.1) is 23.3 Å². The lowest BCUT2D eigenvalue weighted by molar-refractivity contribution is -0.156. The Hall–Kier alpha value is -3.06. The topological polar surface area (TPSA) is 53.3 Å². The standard InChI is InChI=1S/C26H30N2O2/c1-5-21-16-23(20(4)15-19(21)3)17-26(25(29)30-6-2)11-13-28(14-12-26)24-10-8-7-9-22(24)18-27/h5,7-10,15-16H,1,6,11-14,17H2,2-4H3. The predicted octanol–water partition coefficient (Wildman–Crippen LogP) is 5.21. The van der Waals surface area contributed by atoms with E-state index in [9.17, 15) is 10.1 Å². The minimum absolute atomic E-state index is 0.113. The van der Waals surface area contributed by atoms with Crippen LogP contribution >= 0.6 is 0 Å². The zero-order valence-corrected chi connectivity index (χ0v) is 18.2. The van der Waals surface area contributed by atoms with Crippen molar-refractivity contribution in [3.05, 3.63) is 70.8 Å². The fourth-order valence-electron chi connectivity index (χ4n) is 4.45. The van der Waals surface area contributed by atoms with Crippen LogP contribution in [0.4, 0.5) is 5.69 Å². The molecular weight excluding hydrogens is 372 g/mol. The predicted molar refractivity (Wildman–Crippen MR) is 121 cm³/mol. The Bertz CT molecular complexity index is 979. The Balaban J connectivity index is 1.89. The first kappa shape index (κ1) is 21.6. The maximum Gasteiger partial charge on any atom is 0.312 e. The van der Waals surface area contributed by atoms with E-state index in [4.69, 9.17) is 4.74 Å².